The van der Waals surface area contributed by atoms with Crippen molar-refractivity contribution in [2.75, 3.05) is 6.61 Å². The smallest absolute Gasteiger partial charge is 0.125 e. The Morgan fingerprint density at radius 2 is 2.00 bits per heavy atom. The van der Waals surface area contributed by atoms with Crippen LogP contribution < -0.4 is 0 Å². The van der Waals surface area contributed by atoms with Gasteiger partial charge < -0.3 is 25.3 Å². The minimum atomic E-state index is -1.15. The summed E-state index contributed by atoms with van der Waals surface area (Å²) in [5.74, 6) is 0. The average molecular weight is 177 g/mol. The Bertz CT molecular complexity index is 173. The number of hydrogen-bond acceptors (Lipinski definition) is 6. The van der Waals surface area contributed by atoms with E-state index in [1.165, 1.54) is 0 Å². The van der Waals surface area contributed by atoms with Crippen molar-refractivity contribution in [3.05, 3.63) is 0 Å². The van der Waals surface area contributed by atoms with Gasteiger partial charge in [0.2, 0.25) is 0 Å². The second kappa shape index (κ2) is 3.81. The molecule has 4 atom stereocenters. The van der Waals surface area contributed by atoms with Crippen LogP contribution in [0.15, 0.2) is 5.16 Å². The van der Waals surface area contributed by atoms with Crippen molar-refractivity contribution in [3.8, 4) is 0 Å². The fourth-order valence-corrected chi connectivity index (χ4v) is 1.12. The lowest BCUT2D eigenvalue weighted by atomic mass is 10.1. The summed E-state index contributed by atoms with van der Waals surface area (Å²) in [6.07, 6.45) is -3.01. The molecule has 0 spiro atoms. The van der Waals surface area contributed by atoms with E-state index in [0.29, 0.717) is 0 Å². The van der Waals surface area contributed by atoms with Gasteiger partial charge in [0.05, 0.1) is 12.8 Å². The molecule has 70 valence electrons. The zero-order chi connectivity index (χ0) is 9.14. The van der Waals surface area contributed by atoms with E-state index in [9.17, 15) is 10.2 Å². The van der Waals surface area contributed by atoms with Crippen molar-refractivity contribution in [2.24, 2.45) is 5.16 Å². The van der Waals surface area contributed by atoms with Gasteiger partial charge in [-0.1, -0.05) is 5.16 Å². The molecule has 1 aliphatic rings. The first kappa shape index (κ1) is 9.40. The van der Waals surface area contributed by atoms with Crippen LogP contribution >= 0.6 is 0 Å². The van der Waals surface area contributed by atoms with Crippen LogP contribution in [0.4, 0.5) is 0 Å². The van der Waals surface area contributed by atoms with Gasteiger partial charge in [-0.05, 0) is 0 Å². The van der Waals surface area contributed by atoms with E-state index in [1.807, 2.05) is 0 Å². The highest BCUT2D eigenvalue weighted by atomic mass is 16.6. The predicted molar refractivity (Wildman–Crippen MR) is 38.0 cm³/mol. The van der Waals surface area contributed by atoms with Crippen LogP contribution in [-0.2, 0) is 4.74 Å². The maximum absolute atomic E-state index is 9.20. The summed E-state index contributed by atoms with van der Waals surface area (Å²) >= 11 is 0. The number of rotatable bonds is 2. The summed E-state index contributed by atoms with van der Waals surface area (Å²) in [6.45, 7) is -0.381. The second-order valence-electron chi connectivity index (χ2n) is 2.57. The molecule has 4 N–H and O–H groups in total. The van der Waals surface area contributed by atoms with Crippen LogP contribution in [-0.4, -0.2) is 57.8 Å². The lowest BCUT2D eigenvalue weighted by molar-refractivity contribution is -0.00975. The van der Waals surface area contributed by atoms with Gasteiger partial charge in [0.1, 0.15) is 24.4 Å². The molecular weight excluding hydrogens is 166 g/mol. The molecule has 0 saturated carbocycles. The molecule has 6 heteroatoms. The maximum Gasteiger partial charge on any atom is 0.125 e. The third-order valence-corrected chi connectivity index (χ3v) is 1.79. The van der Waals surface area contributed by atoms with Crippen LogP contribution in [0, 0.1) is 0 Å². The molecule has 0 amide bonds. The third-order valence-electron chi connectivity index (χ3n) is 1.79. The van der Waals surface area contributed by atoms with Crippen LogP contribution in [0.2, 0.25) is 0 Å². The zero-order valence-corrected chi connectivity index (χ0v) is 6.24. The first-order chi connectivity index (χ1) is 5.70. The third kappa shape index (κ3) is 1.56. The molecule has 6 nitrogen and oxygen atoms in total. The van der Waals surface area contributed by atoms with Crippen molar-refractivity contribution in [3.63, 3.8) is 0 Å². The summed E-state index contributed by atoms with van der Waals surface area (Å²) in [6, 6.07) is 0. The summed E-state index contributed by atoms with van der Waals surface area (Å²) < 4.78 is 4.92. The van der Waals surface area contributed by atoms with Gasteiger partial charge in [0, 0.05) is 0 Å². The number of nitrogens with zero attached hydrogens (tertiary/aromatic N) is 1. The topological polar surface area (TPSA) is 103 Å². The molecule has 0 radical (unpaired) electrons. The predicted octanol–water partition coefficient (Wildman–Crippen LogP) is -2.07. The van der Waals surface area contributed by atoms with Gasteiger partial charge in [0.15, 0.2) is 0 Å². The SMILES string of the molecule is OC[C@H]1OC(C=NO)C(O)C1O. The zero-order valence-electron chi connectivity index (χ0n) is 6.24. The molecule has 1 saturated heterocycles. The van der Waals surface area contributed by atoms with Crippen LogP contribution in [0.25, 0.3) is 0 Å². The fourth-order valence-electron chi connectivity index (χ4n) is 1.12. The second-order valence-corrected chi connectivity index (χ2v) is 2.57. The number of aliphatic hydroxyl groups excluding tert-OH is 3. The average Bonchev–Trinajstić information content (AvgIpc) is 2.33. The molecule has 3 unspecified atom stereocenters. The molecule has 1 rings (SSSR count). The summed E-state index contributed by atoms with van der Waals surface area (Å²) in [7, 11) is 0. The molecule has 0 aromatic rings. The van der Waals surface area contributed by atoms with Crippen molar-refractivity contribution in [1.82, 2.24) is 0 Å². The van der Waals surface area contributed by atoms with Crippen LogP contribution in [0.5, 0.6) is 0 Å². The van der Waals surface area contributed by atoms with Crippen LogP contribution in [0.1, 0.15) is 0 Å². The first-order valence-electron chi connectivity index (χ1n) is 3.50. The molecule has 1 heterocycles. The minimum absolute atomic E-state index is 0.381. The van der Waals surface area contributed by atoms with E-state index < -0.39 is 24.4 Å². The van der Waals surface area contributed by atoms with E-state index in [0.717, 1.165) is 6.21 Å². The molecule has 1 fully saturated rings. The minimum Gasteiger partial charge on any atom is -0.411 e. The van der Waals surface area contributed by atoms with Gasteiger partial charge in [-0.15, -0.1) is 0 Å². The van der Waals surface area contributed by atoms with Crippen molar-refractivity contribution < 1.29 is 25.3 Å². The Balaban J connectivity index is 2.60. The van der Waals surface area contributed by atoms with E-state index in [2.05, 4.69) is 5.16 Å². The molecule has 0 aromatic carbocycles. The van der Waals surface area contributed by atoms with Crippen LogP contribution in [0.3, 0.4) is 0 Å². The lowest BCUT2D eigenvalue weighted by Gasteiger charge is -2.10. The largest absolute Gasteiger partial charge is 0.411 e. The molecule has 12 heavy (non-hydrogen) atoms. The highest BCUT2D eigenvalue weighted by molar-refractivity contribution is 5.64. The summed E-state index contributed by atoms with van der Waals surface area (Å²) in [5, 5.41) is 37.8. The highest BCUT2D eigenvalue weighted by Crippen LogP contribution is 2.19. The standard InChI is InChI=1S/C6H11NO5/c8-2-4-6(10)5(9)3(12-4)1-7-11/h1,3-6,8-11H,2H2/t3?,4-,5?,6?/m1/s1. The molecule has 1 aliphatic heterocycles. The Kier molecular flexibility index (Phi) is 2.99. The normalized spacial score (nSPS) is 42.6. The molecule has 0 aromatic heterocycles. The van der Waals surface area contributed by atoms with Gasteiger partial charge >= 0.3 is 0 Å². The van der Waals surface area contributed by atoms with Gasteiger partial charge in [-0.2, -0.15) is 0 Å². The van der Waals surface area contributed by atoms with Crippen molar-refractivity contribution >= 4 is 6.21 Å². The lowest BCUT2D eigenvalue weighted by Crippen LogP contribution is -2.34. The van der Waals surface area contributed by atoms with E-state index in [1.54, 1.807) is 0 Å². The van der Waals surface area contributed by atoms with E-state index in [-0.39, 0.29) is 6.61 Å². The number of aliphatic hydroxyl groups is 3. The number of hydrogen-bond donors (Lipinski definition) is 4. The molecular formula is C6H11NO5. The summed E-state index contributed by atoms with van der Waals surface area (Å²) in [4.78, 5) is 0. The Morgan fingerprint density at radius 3 is 2.42 bits per heavy atom. The molecule has 0 bridgehead atoms. The van der Waals surface area contributed by atoms with Crippen molar-refractivity contribution in [2.45, 2.75) is 24.4 Å². The fraction of sp³-hybridized carbons (Fsp3) is 0.833. The van der Waals surface area contributed by atoms with Crippen molar-refractivity contribution in [1.29, 1.82) is 0 Å². The Hall–Kier alpha value is -0.690. The van der Waals surface area contributed by atoms with Gasteiger partial charge in [-0.25, -0.2) is 0 Å². The highest BCUT2D eigenvalue weighted by Gasteiger charge is 2.41. The summed E-state index contributed by atoms with van der Waals surface area (Å²) in [5.41, 5.74) is 0. The monoisotopic (exact) mass is 177 g/mol. The van der Waals surface area contributed by atoms with E-state index in [4.69, 9.17) is 15.1 Å². The first-order valence-corrected chi connectivity index (χ1v) is 3.50. The number of oxime groups is 1. The Morgan fingerprint density at radius 1 is 1.33 bits per heavy atom. The number of ether oxygens (including phenoxy) is 1. The quantitative estimate of drug-likeness (QED) is 0.220. The van der Waals surface area contributed by atoms with Gasteiger partial charge in [0.25, 0.3) is 0 Å². The van der Waals surface area contributed by atoms with E-state index >= 15 is 0 Å². The maximum atomic E-state index is 9.20. The van der Waals surface area contributed by atoms with Gasteiger partial charge in [-0.3, -0.25) is 0 Å². The Labute approximate surface area is 68.7 Å². The molecule has 0 aliphatic carbocycles.